The van der Waals surface area contributed by atoms with Crippen molar-refractivity contribution in [3.05, 3.63) is 0 Å². The summed E-state index contributed by atoms with van der Waals surface area (Å²) in [5.74, 6) is 1.35. The summed E-state index contributed by atoms with van der Waals surface area (Å²) in [5, 5.41) is 0. The Morgan fingerprint density at radius 3 is 2.62 bits per heavy atom. The van der Waals surface area contributed by atoms with Gasteiger partial charge in [-0.2, -0.15) is 0 Å². The third-order valence-corrected chi connectivity index (χ3v) is 6.25. The Balaban J connectivity index is 1.57. The second kappa shape index (κ2) is 6.68. The fraction of sp³-hybridized carbons (Fsp3) is 0.944. The molecule has 1 aliphatic carbocycles. The van der Waals surface area contributed by atoms with Gasteiger partial charge in [0.2, 0.25) is 5.91 Å². The maximum absolute atomic E-state index is 12.1. The molecule has 0 aromatic rings. The van der Waals surface area contributed by atoms with Crippen LogP contribution in [-0.4, -0.2) is 47.4 Å². The normalized spacial score (nSPS) is 32.8. The van der Waals surface area contributed by atoms with Gasteiger partial charge in [-0.25, -0.2) is 0 Å². The number of amides is 1. The van der Waals surface area contributed by atoms with E-state index in [9.17, 15) is 4.79 Å². The van der Waals surface area contributed by atoms with Crippen molar-refractivity contribution in [2.24, 2.45) is 5.92 Å². The lowest BCUT2D eigenvalue weighted by molar-refractivity contribution is -0.131. The highest BCUT2D eigenvalue weighted by molar-refractivity contribution is 5.79. The number of likely N-dealkylation sites (tertiary alicyclic amines) is 2. The molecular formula is C18H32N2O. The first-order valence-corrected chi connectivity index (χ1v) is 9.26. The van der Waals surface area contributed by atoms with E-state index in [0.717, 1.165) is 25.3 Å². The van der Waals surface area contributed by atoms with Crippen molar-refractivity contribution in [3.63, 3.8) is 0 Å². The van der Waals surface area contributed by atoms with Crippen molar-refractivity contribution in [2.75, 3.05) is 26.2 Å². The van der Waals surface area contributed by atoms with Crippen LogP contribution in [0.15, 0.2) is 0 Å². The Morgan fingerprint density at radius 2 is 1.86 bits per heavy atom. The molecule has 3 rings (SSSR count). The largest absolute Gasteiger partial charge is 0.337 e. The zero-order valence-corrected chi connectivity index (χ0v) is 13.8. The third-order valence-electron chi connectivity index (χ3n) is 6.25. The lowest BCUT2D eigenvalue weighted by atomic mass is 9.87. The van der Waals surface area contributed by atoms with E-state index in [1.54, 1.807) is 0 Å². The summed E-state index contributed by atoms with van der Waals surface area (Å²) in [7, 11) is 0. The summed E-state index contributed by atoms with van der Waals surface area (Å²) in [4.78, 5) is 17.0. The Hall–Kier alpha value is -0.570. The van der Waals surface area contributed by atoms with Crippen molar-refractivity contribution >= 4 is 5.91 Å². The highest BCUT2D eigenvalue weighted by Gasteiger charge is 2.44. The quantitative estimate of drug-likeness (QED) is 0.795. The van der Waals surface area contributed by atoms with Gasteiger partial charge in [-0.15, -0.1) is 0 Å². The molecule has 21 heavy (non-hydrogen) atoms. The highest BCUT2D eigenvalue weighted by Crippen LogP contribution is 2.39. The maximum Gasteiger partial charge on any atom is 0.223 e. The molecule has 0 aromatic carbocycles. The van der Waals surface area contributed by atoms with Gasteiger partial charge in [0.05, 0.1) is 0 Å². The van der Waals surface area contributed by atoms with E-state index < -0.39 is 0 Å². The van der Waals surface area contributed by atoms with E-state index in [2.05, 4.69) is 16.7 Å². The van der Waals surface area contributed by atoms with Crippen LogP contribution in [0.3, 0.4) is 0 Å². The molecule has 1 saturated carbocycles. The Kier molecular flexibility index (Phi) is 4.88. The van der Waals surface area contributed by atoms with Gasteiger partial charge in [-0.1, -0.05) is 19.3 Å². The summed E-state index contributed by atoms with van der Waals surface area (Å²) in [6.45, 7) is 6.83. The fourth-order valence-corrected chi connectivity index (χ4v) is 5.06. The van der Waals surface area contributed by atoms with Crippen molar-refractivity contribution in [1.82, 2.24) is 9.80 Å². The number of rotatable bonds is 3. The number of hydrogen-bond acceptors (Lipinski definition) is 2. The van der Waals surface area contributed by atoms with E-state index >= 15 is 0 Å². The van der Waals surface area contributed by atoms with Crippen LogP contribution in [0.2, 0.25) is 0 Å². The number of carbonyl (C=O) groups excluding carboxylic acids is 1. The average Bonchev–Trinajstić information content (AvgIpc) is 2.68. The molecule has 0 bridgehead atoms. The van der Waals surface area contributed by atoms with Crippen LogP contribution in [0.25, 0.3) is 0 Å². The third kappa shape index (κ3) is 3.28. The molecule has 1 spiro atoms. The molecule has 3 fully saturated rings. The zero-order chi connectivity index (χ0) is 14.7. The number of nitrogens with zero attached hydrogens (tertiary/aromatic N) is 2. The van der Waals surface area contributed by atoms with Gasteiger partial charge < -0.3 is 9.80 Å². The molecule has 3 aliphatic rings. The SMILES string of the molecule is CCN1C(=O)CC[C@]12CCCN(CC1CCCCC1)CC2. The molecule has 3 heteroatoms. The molecule has 3 nitrogen and oxygen atoms in total. The van der Waals surface area contributed by atoms with Crippen molar-refractivity contribution in [1.29, 1.82) is 0 Å². The summed E-state index contributed by atoms with van der Waals surface area (Å²) < 4.78 is 0. The van der Waals surface area contributed by atoms with Gasteiger partial charge in [0.15, 0.2) is 0 Å². The van der Waals surface area contributed by atoms with E-state index in [4.69, 9.17) is 0 Å². The second-order valence-electron chi connectivity index (χ2n) is 7.52. The molecule has 1 amide bonds. The summed E-state index contributed by atoms with van der Waals surface area (Å²) >= 11 is 0. The maximum atomic E-state index is 12.1. The van der Waals surface area contributed by atoms with Gasteiger partial charge in [0.1, 0.15) is 0 Å². The topological polar surface area (TPSA) is 23.6 Å². The molecule has 2 saturated heterocycles. The van der Waals surface area contributed by atoms with Crippen LogP contribution in [0, 0.1) is 5.92 Å². The zero-order valence-electron chi connectivity index (χ0n) is 13.8. The molecule has 0 unspecified atom stereocenters. The molecule has 0 N–H and O–H groups in total. The number of hydrogen-bond donors (Lipinski definition) is 0. The highest BCUT2D eigenvalue weighted by atomic mass is 16.2. The van der Waals surface area contributed by atoms with Crippen LogP contribution in [0.4, 0.5) is 0 Å². The van der Waals surface area contributed by atoms with Crippen LogP contribution < -0.4 is 0 Å². The van der Waals surface area contributed by atoms with Crippen LogP contribution in [0.1, 0.15) is 71.1 Å². The van der Waals surface area contributed by atoms with Crippen molar-refractivity contribution in [2.45, 2.75) is 76.7 Å². The first kappa shape index (κ1) is 15.3. The Labute approximate surface area is 130 Å². The molecule has 2 aliphatic heterocycles. The van der Waals surface area contributed by atoms with E-state index in [1.165, 1.54) is 71.0 Å². The standard InChI is InChI=1S/C18H32N2O/c1-2-20-17(21)9-11-18(20)10-6-13-19(14-12-18)15-16-7-4-3-5-8-16/h16H,2-15H2,1H3/t18-/m0/s1. The minimum atomic E-state index is 0.215. The fourth-order valence-electron chi connectivity index (χ4n) is 5.06. The summed E-state index contributed by atoms with van der Waals surface area (Å²) in [6.07, 6.45) is 12.8. The van der Waals surface area contributed by atoms with E-state index in [0.29, 0.717) is 5.91 Å². The van der Waals surface area contributed by atoms with E-state index in [1.807, 2.05) is 0 Å². The summed E-state index contributed by atoms with van der Waals surface area (Å²) in [6, 6.07) is 0. The Bertz CT molecular complexity index is 364. The van der Waals surface area contributed by atoms with Crippen LogP contribution in [0.5, 0.6) is 0 Å². The molecule has 1 atom stereocenters. The first-order valence-electron chi connectivity index (χ1n) is 9.26. The second-order valence-corrected chi connectivity index (χ2v) is 7.52. The molecule has 120 valence electrons. The van der Waals surface area contributed by atoms with Gasteiger partial charge in [-0.05, 0) is 57.9 Å². The van der Waals surface area contributed by atoms with Gasteiger partial charge in [-0.3, -0.25) is 4.79 Å². The Morgan fingerprint density at radius 1 is 1.05 bits per heavy atom. The lowest BCUT2D eigenvalue weighted by Gasteiger charge is -2.37. The molecule has 2 heterocycles. The van der Waals surface area contributed by atoms with Gasteiger partial charge >= 0.3 is 0 Å². The predicted octanol–water partition coefficient (Wildman–Crippen LogP) is 3.43. The monoisotopic (exact) mass is 292 g/mol. The van der Waals surface area contributed by atoms with Crippen LogP contribution >= 0.6 is 0 Å². The number of carbonyl (C=O) groups is 1. The first-order chi connectivity index (χ1) is 10.2. The van der Waals surface area contributed by atoms with Gasteiger partial charge in [0.25, 0.3) is 0 Å². The molecule has 0 radical (unpaired) electrons. The molecule has 0 aromatic heterocycles. The lowest BCUT2D eigenvalue weighted by Crippen LogP contribution is -2.46. The average molecular weight is 292 g/mol. The van der Waals surface area contributed by atoms with Crippen LogP contribution in [-0.2, 0) is 4.79 Å². The van der Waals surface area contributed by atoms with Crippen molar-refractivity contribution in [3.8, 4) is 0 Å². The predicted molar refractivity (Wildman–Crippen MR) is 86.2 cm³/mol. The minimum Gasteiger partial charge on any atom is -0.337 e. The summed E-state index contributed by atoms with van der Waals surface area (Å²) in [5.41, 5.74) is 0.215. The molecular weight excluding hydrogens is 260 g/mol. The van der Waals surface area contributed by atoms with Gasteiger partial charge in [0, 0.05) is 31.6 Å². The smallest absolute Gasteiger partial charge is 0.223 e. The van der Waals surface area contributed by atoms with Crippen molar-refractivity contribution < 1.29 is 4.79 Å². The minimum absolute atomic E-state index is 0.215. The van der Waals surface area contributed by atoms with E-state index in [-0.39, 0.29) is 5.54 Å².